The standard InChI is InChI=1S/C11H17N3O2S/c1-8-7-17(15,16)5-4-14(8)9-2-3-10(12)11(13)6-9/h2-3,6,8H,4-5,7,12-13H2,1H3. The van der Waals surface area contributed by atoms with Crippen LogP contribution in [0, 0.1) is 0 Å². The van der Waals surface area contributed by atoms with Gasteiger partial charge in [0.1, 0.15) is 0 Å². The summed E-state index contributed by atoms with van der Waals surface area (Å²) in [6.45, 7) is 2.41. The molecule has 0 amide bonds. The van der Waals surface area contributed by atoms with E-state index in [1.54, 1.807) is 12.1 Å². The van der Waals surface area contributed by atoms with Crippen molar-refractivity contribution in [3.8, 4) is 0 Å². The van der Waals surface area contributed by atoms with Crippen LogP contribution in [-0.2, 0) is 9.84 Å². The van der Waals surface area contributed by atoms with E-state index in [4.69, 9.17) is 11.5 Å². The molecule has 6 heteroatoms. The van der Waals surface area contributed by atoms with E-state index >= 15 is 0 Å². The van der Waals surface area contributed by atoms with Gasteiger partial charge in [-0.1, -0.05) is 0 Å². The van der Waals surface area contributed by atoms with Gasteiger partial charge in [0.05, 0.1) is 22.9 Å². The predicted molar refractivity (Wildman–Crippen MR) is 70.7 cm³/mol. The lowest BCUT2D eigenvalue weighted by molar-refractivity contribution is 0.568. The summed E-state index contributed by atoms with van der Waals surface area (Å²) < 4.78 is 23.0. The van der Waals surface area contributed by atoms with Crippen LogP contribution in [0.15, 0.2) is 18.2 Å². The van der Waals surface area contributed by atoms with Gasteiger partial charge in [0, 0.05) is 18.3 Å². The van der Waals surface area contributed by atoms with Crippen molar-refractivity contribution >= 4 is 26.9 Å². The van der Waals surface area contributed by atoms with Gasteiger partial charge < -0.3 is 16.4 Å². The SMILES string of the molecule is CC1CS(=O)(=O)CCN1c1ccc(N)c(N)c1. The highest BCUT2D eigenvalue weighted by atomic mass is 32.2. The van der Waals surface area contributed by atoms with E-state index in [0.717, 1.165) is 5.69 Å². The molecule has 0 spiro atoms. The molecule has 1 aliphatic rings. The third-order valence-corrected chi connectivity index (χ3v) is 4.87. The fraction of sp³-hybridized carbons (Fsp3) is 0.455. The number of anilines is 3. The van der Waals surface area contributed by atoms with Crippen LogP contribution in [-0.4, -0.2) is 32.5 Å². The van der Waals surface area contributed by atoms with Crippen LogP contribution in [0.1, 0.15) is 6.92 Å². The van der Waals surface area contributed by atoms with Crippen LogP contribution < -0.4 is 16.4 Å². The maximum atomic E-state index is 11.5. The summed E-state index contributed by atoms with van der Waals surface area (Å²) in [5.74, 6) is 0.388. The minimum Gasteiger partial charge on any atom is -0.397 e. The van der Waals surface area contributed by atoms with E-state index in [-0.39, 0.29) is 17.5 Å². The zero-order chi connectivity index (χ0) is 12.6. The Morgan fingerprint density at radius 2 is 2.00 bits per heavy atom. The molecular weight excluding hydrogens is 238 g/mol. The fourth-order valence-corrected chi connectivity index (χ4v) is 3.68. The second-order valence-corrected chi connectivity index (χ2v) is 6.70. The number of hydrogen-bond acceptors (Lipinski definition) is 5. The minimum atomic E-state index is -2.89. The van der Waals surface area contributed by atoms with Gasteiger partial charge in [0.15, 0.2) is 9.84 Å². The average molecular weight is 255 g/mol. The van der Waals surface area contributed by atoms with Crippen molar-refractivity contribution in [1.29, 1.82) is 0 Å². The lowest BCUT2D eigenvalue weighted by Gasteiger charge is -2.35. The number of hydrogen-bond donors (Lipinski definition) is 2. The van der Waals surface area contributed by atoms with Gasteiger partial charge in [-0.3, -0.25) is 0 Å². The van der Waals surface area contributed by atoms with Crippen molar-refractivity contribution in [2.24, 2.45) is 0 Å². The van der Waals surface area contributed by atoms with Crippen LogP contribution in [0.25, 0.3) is 0 Å². The smallest absolute Gasteiger partial charge is 0.154 e. The Balaban J connectivity index is 2.26. The summed E-state index contributed by atoms with van der Waals surface area (Å²) in [5.41, 5.74) is 13.4. The van der Waals surface area contributed by atoms with E-state index in [2.05, 4.69) is 4.90 Å². The van der Waals surface area contributed by atoms with E-state index in [0.29, 0.717) is 17.9 Å². The number of nitrogens with zero attached hydrogens (tertiary/aromatic N) is 1. The lowest BCUT2D eigenvalue weighted by atomic mass is 10.2. The average Bonchev–Trinajstić information content (AvgIpc) is 2.21. The molecule has 1 aromatic rings. The number of nitrogens with two attached hydrogens (primary N) is 2. The van der Waals surface area contributed by atoms with Crippen LogP contribution in [0.3, 0.4) is 0 Å². The van der Waals surface area contributed by atoms with Gasteiger partial charge in [0.2, 0.25) is 0 Å². The van der Waals surface area contributed by atoms with Crippen molar-refractivity contribution in [2.45, 2.75) is 13.0 Å². The maximum Gasteiger partial charge on any atom is 0.154 e. The third kappa shape index (κ3) is 2.46. The fourth-order valence-electron chi connectivity index (χ4n) is 2.12. The van der Waals surface area contributed by atoms with Crippen LogP contribution in [0.4, 0.5) is 17.1 Å². The molecule has 1 aliphatic heterocycles. The van der Waals surface area contributed by atoms with Crippen LogP contribution >= 0.6 is 0 Å². The molecule has 5 nitrogen and oxygen atoms in total. The van der Waals surface area contributed by atoms with Crippen molar-refractivity contribution < 1.29 is 8.42 Å². The molecule has 1 atom stereocenters. The summed E-state index contributed by atoms with van der Waals surface area (Å²) >= 11 is 0. The highest BCUT2D eigenvalue weighted by Gasteiger charge is 2.28. The van der Waals surface area contributed by atoms with Crippen molar-refractivity contribution in [2.75, 3.05) is 34.4 Å². The molecule has 1 saturated heterocycles. The number of rotatable bonds is 1. The molecule has 17 heavy (non-hydrogen) atoms. The molecule has 94 valence electrons. The topological polar surface area (TPSA) is 89.4 Å². The highest BCUT2D eigenvalue weighted by molar-refractivity contribution is 7.91. The van der Waals surface area contributed by atoms with Crippen molar-refractivity contribution in [3.63, 3.8) is 0 Å². The van der Waals surface area contributed by atoms with Gasteiger partial charge >= 0.3 is 0 Å². The summed E-state index contributed by atoms with van der Waals surface area (Å²) in [6, 6.07) is 5.39. The first-order valence-corrected chi connectivity index (χ1v) is 7.33. The molecule has 0 aromatic heterocycles. The predicted octanol–water partition coefficient (Wildman–Crippen LogP) is 0.474. The number of nitrogen functional groups attached to an aromatic ring is 2. The Morgan fingerprint density at radius 1 is 1.29 bits per heavy atom. The van der Waals surface area contributed by atoms with Crippen LogP contribution in [0.5, 0.6) is 0 Å². The number of benzene rings is 1. The highest BCUT2D eigenvalue weighted by Crippen LogP contribution is 2.26. The Kier molecular flexibility index (Phi) is 2.91. The van der Waals surface area contributed by atoms with E-state index in [9.17, 15) is 8.42 Å². The Morgan fingerprint density at radius 3 is 2.59 bits per heavy atom. The summed E-state index contributed by atoms with van der Waals surface area (Å²) in [4.78, 5) is 2.05. The van der Waals surface area contributed by atoms with E-state index < -0.39 is 9.84 Å². The molecule has 0 bridgehead atoms. The van der Waals surface area contributed by atoms with Gasteiger partial charge in [-0.2, -0.15) is 0 Å². The minimum absolute atomic E-state index is 0.0308. The molecule has 4 N–H and O–H groups in total. The van der Waals surface area contributed by atoms with Gasteiger partial charge in [-0.25, -0.2) is 8.42 Å². The molecule has 1 aromatic carbocycles. The van der Waals surface area contributed by atoms with Crippen LogP contribution in [0.2, 0.25) is 0 Å². The molecular formula is C11H17N3O2S. The lowest BCUT2D eigenvalue weighted by Crippen LogP contribution is -2.47. The first-order valence-electron chi connectivity index (χ1n) is 5.51. The summed E-state index contributed by atoms with van der Waals surface area (Å²) in [6.07, 6.45) is 0. The Labute approximate surface area is 101 Å². The summed E-state index contributed by atoms with van der Waals surface area (Å²) in [7, 11) is -2.89. The molecule has 1 fully saturated rings. The maximum absolute atomic E-state index is 11.5. The Hall–Kier alpha value is -1.43. The first-order chi connectivity index (χ1) is 7.89. The first kappa shape index (κ1) is 12.0. The molecule has 1 heterocycles. The molecule has 0 aliphatic carbocycles. The quantitative estimate of drug-likeness (QED) is 0.712. The zero-order valence-corrected chi connectivity index (χ0v) is 10.6. The van der Waals surface area contributed by atoms with E-state index in [1.165, 1.54) is 0 Å². The Bertz CT molecular complexity index is 528. The van der Waals surface area contributed by atoms with E-state index in [1.807, 2.05) is 13.0 Å². The monoisotopic (exact) mass is 255 g/mol. The van der Waals surface area contributed by atoms with Gasteiger partial charge in [-0.15, -0.1) is 0 Å². The zero-order valence-electron chi connectivity index (χ0n) is 9.76. The largest absolute Gasteiger partial charge is 0.397 e. The molecule has 0 radical (unpaired) electrons. The molecule has 1 unspecified atom stereocenters. The van der Waals surface area contributed by atoms with Crippen molar-refractivity contribution in [3.05, 3.63) is 18.2 Å². The molecule has 0 saturated carbocycles. The molecule has 2 rings (SSSR count). The normalized spacial score (nSPS) is 23.6. The third-order valence-electron chi connectivity index (χ3n) is 3.07. The number of sulfone groups is 1. The van der Waals surface area contributed by atoms with Gasteiger partial charge in [-0.05, 0) is 25.1 Å². The van der Waals surface area contributed by atoms with Crippen molar-refractivity contribution in [1.82, 2.24) is 0 Å². The summed E-state index contributed by atoms with van der Waals surface area (Å²) in [5, 5.41) is 0. The van der Waals surface area contributed by atoms with Gasteiger partial charge in [0.25, 0.3) is 0 Å². The second kappa shape index (κ2) is 4.10. The second-order valence-electron chi connectivity index (χ2n) is 4.47.